The summed E-state index contributed by atoms with van der Waals surface area (Å²) < 4.78 is 16.2. The van der Waals surface area contributed by atoms with Crippen LogP contribution in [0.25, 0.3) is 0 Å². The van der Waals surface area contributed by atoms with Gasteiger partial charge in [0.15, 0.2) is 37.9 Å². The molecule has 1 N–H and O–H groups in total. The zero-order valence-corrected chi connectivity index (χ0v) is 35.8. The average molecular weight is 870 g/mol. The third-order valence-corrected chi connectivity index (χ3v) is 9.80. The summed E-state index contributed by atoms with van der Waals surface area (Å²) in [5.41, 5.74) is 3.22. The molecule has 0 saturated carbocycles. The van der Waals surface area contributed by atoms with Crippen LogP contribution in [-0.4, -0.2) is 25.2 Å². The molecule has 2 aromatic heterocycles. The molecule has 1 aromatic carbocycles. The van der Waals surface area contributed by atoms with Crippen LogP contribution in [0.2, 0.25) is 0 Å². The minimum atomic E-state index is -0.654. The van der Waals surface area contributed by atoms with Gasteiger partial charge in [0.1, 0.15) is 0 Å². The van der Waals surface area contributed by atoms with E-state index in [0.717, 1.165) is 55.5 Å². The molecule has 296 valence electrons. The largest absolute Gasteiger partial charge is 1.00 e. The lowest BCUT2D eigenvalue weighted by atomic mass is 9.80. The number of esters is 2. The number of dihydropyridines is 1. The van der Waals surface area contributed by atoms with Crippen molar-refractivity contribution in [1.82, 2.24) is 5.32 Å². The van der Waals surface area contributed by atoms with Crippen LogP contribution in [0.5, 0.6) is 0 Å². The molecule has 0 fully saturated rings. The van der Waals surface area contributed by atoms with Gasteiger partial charge in [0.2, 0.25) is 0 Å². The summed E-state index contributed by atoms with van der Waals surface area (Å²) in [4.78, 5) is 28.7. The highest BCUT2D eigenvalue weighted by molar-refractivity contribution is 6.00. The number of benzene rings is 1. The Labute approximate surface area is 346 Å². The standard InChI is InChI=1S/C45H62N3O4.2BrH/c1-3-5-7-9-11-13-15-26-34-51-44(49)42-39(36-47-30-22-18-23-31-47)46-40(37-48-32-24-19-25-33-48)43(41(42)38-28-20-17-21-29-38)45(50)52-35-27-16-14-12-10-8-6-4-2;;/h17-25,28-33,41H,3-16,26-27,34-37H2,1-2H3;2*1H/q+1;;/p-1. The van der Waals surface area contributed by atoms with E-state index in [-0.39, 0.29) is 34.0 Å². The van der Waals surface area contributed by atoms with Gasteiger partial charge in [-0.1, -0.05) is 146 Å². The normalized spacial score (nSPS) is 12.8. The maximum absolute atomic E-state index is 14.3. The number of aromatic nitrogens is 2. The number of ether oxygens (including phenoxy) is 2. The molecule has 0 spiro atoms. The van der Waals surface area contributed by atoms with Gasteiger partial charge in [-0.15, -0.1) is 0 Å². The lowest BCUT2D eigenvalue weighted by molar-refractivity contribution is -0.692. The van der Waals surface area contributed by atoms with Gasteiger partial charge in [-0.05, 0) is 18.4 Å². The number of hydrogen-bond donors (Lipinski definition) is 1. The second-order valence-electron chi connectivity index (χ2n) is 14.1. The fraction of sp³-hybridized carbons (Fsp3) is 0.511. The first kappa shape index (κ1) is 46.9. The fourth-order valence-electron chi connectivity index (χ4n) is 6.92. The molecular weight excluding hydrogens is 806 g/mol. The summed E-state index contributed by atoms with van der Waals surface area (Å²) in [6.07, 6.45) is 26.5. The predicted molar refractivity (Wildman–Crippen MR) is 207 cm³/mol. The van der Waals surface area contributed by atoms with Crippen molar-refractivity contribution in [2.24, 2.45) is 0 Å². The number of nitrogens with one attached hydrogen (secondary N) is 1. The summed E-state index contributed by atoms with van der Waals surface area (Å²) in [6.45, 7) is 5.99. The van der Waals surface area contributed by atoms with Crippen LogP contribution in [0.15, 0.2) is 114 Å². The maximum Gasteiger partial charge on any atom is 0.337 e. The van der Waals surface area contributed by atoms with Gasteiger partial charge in [-0.2, -0.15) is 9.13 Å². The average Bonchev–Trinajstić information content (AvgIpc) is 3.17. The number of nitrogens with zero attached hydrogens (tertiary/aromatic N) is 2. The van der Waals surface area contributed by atoms with Gasteiger partial charge >= 0.3 is 11.9 Å². The van der Waals surface area contributed by atoms with Crippen LogP contribution in [-0.2, 0) is 32.2 Å². The second-order valence-corrected chi connectivity index (χ2v) is 14.1. The van der Waals surface area contributed by atoms with E-state index in [4.69, 9.17) is 9.47 Å². The summed E-state index contributed by atoms with van der Waals surface area (Å²) in [6, 6.07) is 21.7. The molecule has 7 nitrogen and oxygen atoms in total. The minimum absolute atomic E-state index is 0. The number of allylic oxidation sites excluding steroid dienone is 2. The van der Waals surface area contributed by atoms with E-state index in [1.54, 1.807) is 0 Å². The Morgan fingerprint density at radius 1 is 0.519 bits per heavy atom. The predicted octanol–water partition coefficient (Wildman–Crippen LogP) is 3.23. The van der Waals surface area contributed by atoms with E-state index in [0.29, 0.717) is 37.4 Å². The van der Waals surface area contributed by atoms with E-state index in [2.05, 4.69) is 19.2 Å². The quantitative estimate of drug-likeness (QED) is 0.0806. The van der Waals surface area contributed by atoms with Gasteiger partial charge in [-0.25, -0.2) is 9.59 Å². The van der Waals surface area contributed by atoms with E-state index in [1.165, 1.54) is 64.2 Å². The molecule has 1 aliphatic heterocycles. The number of carbonyl (C=O) groups is 2. The van der Waals surface area contributed by atoms with Gasteiger partial charge < -0.3 is 48.8 Å². The second kappa shape index (κ2) is 28.2. The van der Waals surface area contributed by atoms with E-state index in [9.17, 15) is 9.59 Å². The Balaban J connectivity index is 0.00000504. The minimum Gasteiger partial charge on any atom is -1.00 e. The van der Waals surface area contributed by atoms with Crippen molar-refractivity contribution in [1.29, 1.82) is 0 Å². The Bertz CT molecular complexity index is 1440. The van der Waals surface area contributed by atoms with E-state index >= 15 is 0 Å². The number of halogens is 2. The maximum atomic E-state index is 14.3. The Morgan fingerprint density at radius 2 is 0.870 bits per heavy atom. The first-order valence-corrected chi connectivity index (χ1v) is 20.1. The van der Waals surface area contributed by atoms with Gasteiger partial charge in [0.25, 0.3) is 0 Å². The van der Waals surface area contributed by atoms with Gasteiger partial charge in [0.05, 0.1) is 41.7 Å². The number of rotatable bonds is 25. The van der Waals surface area contributed by atoms with Crippen LogP contribution >= 0.6 is 0 Å². The monoisotopic (exact) mass is 867 g/mol. The fourth-order valence-corrected chi connectivity index (χ4v) is 6.92. The molecule has 0 bridgehead atoms. The van der Waals surface area contributed by atoms with Crippen molar-refractivity contribution in [2.75, 3.05) is 13.2 Å². The topological polar surface area (TPSA) is 72.4 Å². The lowest BCUT2D eigenvalue weighted by Gasteiger charge is -2.31. The van der Waals surface area contributed by atoms with Gasteiger partial charge in [0, 0.05) is 24.3 Å². The molecule has 9 heteroatoms. The summed E-state index contributed by atoms with van der Waals surface area (Å²) in [5, 5.41) is 3.60. The molecule has 0 atom stereocenters. The molecule has 0 unspecified atom stereocenters. The van der Waals surface area contributed by atoms with Crippen molar-refractivity contribution in [3.05, 3.63) is 120 Å². The van der Waals surface area contributed by atoms with Crippen LogP contribution in [0.1, 0.15) is 128 Å². The number of hydrogen-bond acceptors (Lipinski definition) is 5. The summed E-state index contributed by atoms with van der Waals surface area (Å²) in [5.74, 6) is -1.44. The van der Waals surface area contributed by atoms with Crippen LogP contribution in [0.3, 0.4) is 0 Å². The highest BCUT2D eigenvalue weighted by Crippen LogP contribution is 2.39. The molecule has 0 saturated heterocycles. The number of carbonyl (C=O) groups excluding carboxylic acids is 2. The third-order valence-electron chi connectivity index (χ3n) is 9.80. The first-order valence-electron chi connectivity index (χ1n) is 20.1. The molecule has 3 aromatic rings. The molecule has 3 heterocycles. The number of pyridine rings is 2. The van der Waals surface area contributed by atoms with Crippen molar-refractivity contribution in [2.45, 2.75) is 136 Å². The highest BCUT2D eigenvalue weighted by Gasteiger charge is 2.41. The van der Waals surface area contributed by atoms with Crippen molar-refractivity contribution in [3.8, 4) is 0 Å². The van der Waals surface area contributed by atoms with Crippen molar-refractivity contribution < 1.29 is 62.2 Å². The molecular formula is C45H63Br2N3O4. The Morgan fingerprint density at radius 3 is 1.26 bits per heavy atom. The molecule has 1 aliphatic rings. The molecule has 54 heavy (non-hydrogen) atoms. The molecule has 4 rings (SSSR count). The first-order chi connectivity index (χ1) is 25.6. The van der Waals surface area contributed by atoms with Gasteiger partial charge in [-0.3, -0.25) is 0 Å². The summed E-state index contributed by atoms with van der Waals surface area (Å²) in [7, 11) is 0. The van der Waals surface area contributed by atoms with Crippen LogP contribution in [0, 0.1) is 0 Å². The smallest absolute Gasteiger partial charge is 0.337 e. The summed E-state index contributed by atoms with van der Waals surface area (Å²) >= 11 is 0. The Kier molecular flexibility index (Phi) is 24.4. The molecule has 0 aliphatic carbocycles. The van der Waals surface area contributed by atoms with Crippen molar-refractivity contribution in [3.63, 3.8) is 0 Å². The third kappa shape index (κ3) is 16.2. The molecule has 0 radical (unpaired) electrons. The van der Waals surface area contributed by atoms with E-state index in [1.807, 2.05) is 101 Å². The SMILES string of the molecule is CCCCCCCCCCOC(=O)C1=C(C[n+]2ccccc2)NC(C[n+]2ccccc2)=C(C(=O)OCCCCCCCCCC)C1c1ccccc1.[Br-].[Br-]. The zero-order chi connectivity index (χ0) is 36.6. The van der Waals surface area contributed by atoms with Crippen LogP contribution < -0.4 is 48.4 Å². The lowest BCUT2D eigenvalue weighted by Crippen LogP contribution is -3.00. The number of unbranched alkanes of at least 4 members (excludes halogenated alkanes) is 14. The van der Waals surface area contributed by atoms with Crippen LogP contribution in [0.4, 0.5) is 0 Å². The van der Waals surface area contributed by atoms with E-state index < -0.39 is 17.9 Å². The zero-order valence-electron chi connectivity index (χ0n) is 32.7. The Hall–Kier alpha value is -3.30. The van der Waals surface area contributed by atoms with Crippen molar-refractivity contribution >= 4 is 11.9 Å². The molecule has 0 amide bonds. The highest BCUT2D eigenvalue weighted by atomic mass is 79.9.